The SMILES string of the molecule is Cc1nccn1CC(=O)N1CC(c2nncn2CC(C)C)C2(CCOCC2)C1. The van der Waals surface area contributed by atoms with Crippen molar-refractivity contribution in [1.29, 1.82) is 0 Å². The average Bonchev–Trinajstić information content (AvgIpc) is 3.36. The van der Waals surface area contributed by atoms with Crippen LogP contribution in [-0.4, -0.2) is 61.4 Å². The zero-order chi connectivity index (χ0) is 19.7. The van der Waals surface area contributed by atoms with E-state index in [2.05, 4.69) is 33.6 Å². The van der Waals surface area contributed by atoms with Crippen LogP contribution in [0.25, 0.3) is 0 Å². The Bertz CT molecular complexity index is 820. The van der Waals surface area contributed by atoms with E-state index in [-0.39, 0.29) is 17.2 Å². The number of rotatable bonds is 5. The van der Waals surface area contributed by atoms with Crippen molar-refractivity contribution in [2.45, 2.75) is 52.6 Å². The molecule has 0 N–H and O–H groups in total. The molecule has 8 nitrogen and oxygen atoms in total. The molecule has 1 atom stereocenters. The lowest BCUT2D eigenvalue weighted by atomic mass is 9.71. The monoisotopic (exact) mass is 386 g/mol. The molecular formula is C20H30N6O2. The summed E-state index contributed by atoms with van der Waals surface area (Å²) in [4.78, 5) is 19.3. The van der Waals surface area contributed by atoms with Crippen LogP contribution in [0.15, 0.2) is 18.7 Å². The van der Waals surface area contributed by atoms with Gasteiger partial charge in [-0.15, -0.1) is 10.2 Å². The number of amides is 1. The van der Waals surface area contributed by atoms with Gasteiger partial charge in [0.15, 0.2) is 0 Å². The Labute approximate surface area is 165 Å². The van der Waals surface area contributed by atoms with Crippen LogP contribution in [-0.2, 0) is 22.6 Å². The molecule has 1 amide bonds. The number of carbonyl (C=O) groups excluding carboxylic acids is 1. The maximum absolute atomic E-state index is 13.1. The predicted molar refractivity (Wildman–Crippen MR) is 104 cm³/mol. The van der Waals surface area contributed by atoms with Crippen molar-refractivity contribution in [3.05, 3.63) is 30.4 Å². The van der Waals surface area contributed by atoms with E-state index in [1.165, 1.54) is 0 Å². The summed E-state index contributed by atoms with van der Waals surface area (Å²) in [6.07, 6.45) is 7.36. The third kappa shape index (κ3) is 3.57. The van der Waals surface area contributed by atoms with E-state index in [0.717, 1.165) is 50.8 Å². The second kappa shape index (κ2) is 7.66. The first-order valence-corrected chi connectivity index (χ1v) is 10.2. The van der Waals surface area contributed by atoms with Gasteiger partial charge in [-0.1, -0.05) is 13.8 Å². The Balaban J connectivity index is 1.59. The summed E-state index contributed by atoms with van der Waals surface area (Å²) in [6.45, 7) is 10.5. The standard InChI is InChI=1S/C20H30N6O2/c1-15(2)10-26-14-22-23-19(26)17-11-25(13-20(17)4-8-28-9-5-20)18(27)12-24-7-6-21-16(24)3/h6-7,14-15,17H,4-5,8-13H2,1-3H3. The number of hydrogen-bond donors (Lipinski definition) is 0. The van der Waals surface area contributed by atoms with Crippen LogP contribution in [0.4, 0.5) is 0 Å². The van der Waals surface area contributed by atoms with Gasteiger partial charge < -0.3 is 18.8 Å². The first-order valence-electron chi connectivity index (χ1n) is 10.2. The summed E-state index contributed by atoms with van der Waals surface area (Å²) in [6, 6.07) is 0. The van der Waals surface area contributed by atoms with Crippen molar-refractivity contribution in [3.63, 3.8) is 0 Å². The summed E-state index contributed by atoms with van der Waals surface area (Å²) >= 11 is 0. The average molecular weight is 387 g/mol. The molecule has 0 bridgehead atoms. The van der Waals surface area contributed by atoms with E-state index >= 15 is 0 Å². The van der Waals surface area contributed by atoms with Crippen LogP contribution < -0.4 is 0 Å². The topological polar surface area (TPSA) is 78.1 Å². The zero-order valence-corrected chi connectivity index (χ0v) is 17.0. The van der Waals surface area contributed by atoms with Crippen molar-refractivity contribution < 1.29 is 9.53 Å². The number of carbonyl (C=O) groups is 1. The van der Waals surface area contributed by atoms with E-state index in [0.29, 0.717) is 19.0 Å². The Hall–Kier alpha value is -2.22. The van der Waals surface area contributed by atoms with E-state index in [1.807, 2.05) is 28.9 Å². The normalized spacial score (nSPS) is 21.7. The van der Waals surface area contributed by atoms with Crippen molar-refractivity contribution >= 4 is 5.91 Å². The smallest absolute Gasteiger partial charge is 0.242 e. The lowest BCUT2D eigenvalue weighted by Gasteiger charge is -2.37. The van der Waals surface area contributed by atoms with Crippen LogP contribution in [0.2, 0.25) is 0 Å². The van der Waals surface area contributed by atoms with Gasteiger partial charge in [-0.2, -0.15) is 0 Å². The maximum Gasteiger partial charge on any atom is 0.242 e. The first-order chi connectivity index (χ1) is 13.5. The molecule has 1 spiro atoms. The molecule has 0 aliphatic carbocycles. The van der Waals surface area contributed by atoms with E-state index in [9.17, 15) is 4.79 Å². The number of ether oxygens (including phenoxy) is 1. The molecule has 4 heterocycles. The third-order valence-corrected chi connectivity index (χ3v) is 6.24. The number of likely N-dealkylation sites (tertiary alicyclic amines) is 1. The van der Waals surface area contributed by atoms with Gasteiger partial charge in [0.05, 0.1) is 0 Å². The van der Waals surface area contributed by atoms with Crippen LogP contribution in [0, 0.1) is 18.3 Å². The molecule has 2 aromatic rings. The fourth-order valence-corrected chi connectivity index (χ4v) is 4.68. The maximum atomic E-state index is 13.1. The van der Waals surface area contributed by atoms with Gasteiger partial charge in [0.1, 0.15) is 24.5 Å². The van der Waals surface area contributed by atoms with Crippen molar-refractivity contribution in [2.24, 2.45) is 11.3 Å². The van der Waals surface area contributed by atoms with Gasteiger partial charge >= 0.3 is 0 Å². The second-order valence-corrected chi connectivity index (χ2v) is 8.64. The molecule has 28 heavy (non-hydrogen) atoms. The number of aromatic nitrogens is 5. The van der Waals surface area contributed by atoms with Gasteiger partial charge in [0.25, 0.3) is 0 Å². The molecule has 152 valence electrons. The molecular weight excluding hydrogens is 356 g/mol. The van der Waals surface area contributed by atoms with E-state index < -0.39 is 0 Å². The van der Waals surface area contributed by atoms with Gasteiger partial charge in [0.2, 0.25) is 5.91 Å². The fourth-order valence-electron chi connectivity index (χ4n) is 4.68. The second-order valence-electron chi connectivity index (χ2n) is 8.64. The number of nitrogens with zero attached hydrogens (tertiary/aromatic N) is 6. The summed E-state index contributed by atoms with van der Waals surface area (Å²) in [5.74, 6) is 2.74. The van der Waals surface area contributed by atoms with Crippen LogP contribution in [0.5, 0.6) is 0 Å². The molecule has 2 aromatic heterocycles. The first kappa shape index (κ1) is 19.1. The highest BCUT2D eigenvalue weighted by Gasteiger charge is 2.51. The highest BCUT2D eigenvalue weighted by molar-refractivity contribution is 5.76. The van der Waals surface area contributed by atoms with Crippen LogP contribution in [0.1, 0.15) is 44.3 Å². The number of hydrogen-bond acceptors (Lipinski definition) is 5. The van der Waals surface area contributed by atoms with Crippen molar-refractivity contribution in [1.82, 2.24) is 29.2 Å². The molecule has 8 heteroatoms. The molecule has 0 radical (unpaired) electrons. The predicted octanol–water partition coefficient (Wildman–Crippen LogP) is 1.86. The summed E-state index contributed by atoms with van der Waals surface area (Å²) < 4.78 is 9.75. The zero-order valence-electron chi connectivity index (χ0n) is 17.0. The number of aryl methyl sites for hydroxylation is 1. The Morgan fingerprint density at radius 2 is 2.11 bits per heavy atom. The van der Waals surface area contributed by atoms with Gasteiger partial charge in [-0.3, -0.25) is 4.79 Å². The van der Waals surface area contributed by atoms with E-state index in [4.69, 9.17) is 4.74 Å². The Morgan fingerprint density at radius 3 is 2.79 bits per heavy atom. The molecule has 0 saturated carbocycles. The molecule has 2 aliphatic rings. The minimum Gasteiger partial charge on any atom is -0.381 e. The quantitative estimate of drug-likeness (QED) is 0.784. The summed E-state index contributed by atoms with van der Waals surface area (Å²) in [5, 5.41) is 8.71. The van der Waals surface area contributed by atoms with Crippen molar-refractivity contribution in [2.75, 3.05) is 26.3 Å². The molecule has 4 rings (SSSR count). The van der Waals surface area contributed by atoms with E-state index in [1.54, 1.807) is 6.20 Å². The molecule has 2 saturated heterocycles. The van der Waals surface area contributed by atoms with Gasteiger partial charge in [-0.05, 0) is 25.7 Å². The van der Waals surface area contributed by atoms with Crippen LogP contribution >= 0.6 is 0 Å². The summed E-state index contributed by atoms with van der Waals surface area (Å²) in [7, 11) is 0. The van der Waals surface area contributed by atoms with Gasteiger partial charge in [0, 0.05) is 56.6 Å². The third-order valence-electron chi connectivity index (χ3n) is 6.24. The minimum atomic E-state index is 0.0274. The highest BCUT2D eigenvalue weighted by atomic mass is 16.5. The molecule has 0 aromatic carbocycles. The van der Waals surface area contributed by atoms with Crippen LogP contribution in [0.3, 0.4) is 0 Å². The largest absolute Gasteiger partial charge is 0.381 e. The minimum absolute atomic E-state index is 0.0274. The lowest BCUT2D eigenvalue weighted by Crippen LogP contribution is -2.38. The van der Waals surface area contributed by atoms with Gasteiger partial charge in [-0.25, -0.2) is 4.98 Å². The highest BCUT2D eigenvalue weighted by Crippen LogP contribution is 2.49. The fraction of sp³-hybridized carbons (Fsp3) is 0.700. The lowest BCUT2D eigenvalue weighted by molar-refractivity contribution is -0.131. The molecule has 1 unspecified atom stereocenters. The Morgan fingerprint density at radius 1 is 1.32 bits per heavy atom. The molecule has 2 fully saturated rings. The summed E-state index contributed by atoms with van der Waals surface area (Å²) in [5.41, 5.74) is 0.0274. The molecule has 2 aliphatic heterocycles. The van der Waals surface area contributed by atoms with Crippen molar-refractivity contribution in [3.8, 4) is 0 Å². The number of imidazole rings is 1. The Kier molecular flexibility index (Phi) is 5.23.